The molecule has 4 nitrogen and oxygen atoms in total. The van der Waals surface area contributed by atoms with Crippen LogP contribution in [0.2, 0.25) is 0 Å². The summed E-state index contributed by atoms with van der Waals surface area (Å²) in [5.74, 6) is 0. The summed E-state index contributed by atoms with van der Waals surface area (Å²) < 4.78 is 4.70. The number of carbonyl (C=O) groups excluding carboxylic acids is 1. The van der Waals surface area contributed by atoms with Crippen LogP contribution in [0.3, 0.4) is 0 Å². The van der Waals surface area contributed by atoms with Crippen LogP contribution in [0.4, 0.5) is 10.5 Å². The topological polar surface area (TPSA) is 55.6 Å². The molecule has 0 fully saturated rings. The maximum Gasteiger partial charge on any atom is 0.414 e. The van der Waals surface area contributed by atoms with E-state index in [1.54, 1.807) is 0 Å². The number of nitrogens with two attached hydrogens (primary N) is 1. The summed E-state index contributed by atoms with van der Waals surface area (Å²) >= 11 is 4.79. The first-order chi connectivity index (χ1) is 7.65. The summed E-state index contributed by atoms with van der Waals surface area (Å²) in [5, 5.41) is 0. The number of thiocarbonyl (C=S) groups is 1. The van der Waals surface area contributed by atoms with Crippen molar-refractivity contribution in [1.29, 1.82) is 0 Å². The monoisotopic (exact) mass is 238 g/mol. The van der Waals surface area contributed by atoms with Gasteiger partial charge >= 0.3 is 6.09 Å². The fourth-order valence-electron chi connectivity index (χ4n) is 1.27. The molecule has 0 aliphatic heterocycles. The molecule has 0 bridgehead atoms. The van der Waals surface area contributed by atoms with Gasteiger partial charge in [-0.25, -0.2) is 4.79 Å². The Kier molecular flexibility index (Phi) is 4.72. The quantitative estimate of drug-likeness (QED) is 0.814. The Bertz CT molecular complexity index is 368. The third-order valence-corrected chi connectivity index (χ3v) is 2.25. The summed E-state index contributed by atoms with van der Waals surface area (Å²) in [6, 6.07) is 9.25. The largest absolute Gasteiger partial charge is 0.452 e. The van der Waals surface area contributed by atoms with Crippen molar-refractivity contribution in [3.63, 3.8) is 0 Å². The Morgan fingerprint density at radius 2 is 2.06 bits per heavy atom. The number of carbonyl (C=O) groups is 1. The van der Waals surface area contributed by atoms with E-state index in [0.29, 0.717) is 18.0 Å². The maximum atomic E-state index is 11.5. The lowest BCUT2D eigenvalue weighted by Gasteiger charge is -2.20. The second kappa shape index (κ2) is 6.07. The molecule has 0 aromatic heterocycles. The van der Waals surface area contributed by atoms with E-state index in [-0.39, 0.29) is 0 Å². The molecule has 0 aliphatic rings. The molecule has 0 saturated heterocycles. The summed E-state index contributed by atoms with van der Waals surface area (Å²) in [5.41, 5.74) is 6.18. The number of benzene rings is 1. The van der Waals surface area contributed by atoms with Crippen LogP contribution in [0.25, 0.3) is 0 Å². The van der Waals surface area contributed by atoms with Gasteiger partial charge in [-0.3, -0.25) is 4.90 Å². The molecule has 5 heteroatoms. The van der Waals surface area contributed by atoms with Crippen molar-refractivity contribution >= 4 is 29.0 Å². The number of ether oxygens (including phenoxy) is 1. The molecule has 0 heterocycles. The molecule has 0 spiro atoms. The number of hydrogen-bond acceptors (Lipinski definition) is 3. The van der Waals surface area contributed by atoms with Crippen molar-refractivity contribution in [2.75, 3.05) is 18.6 Å². The van der Waals surface area contributed by atoms with Crippen molar-refractivity contribution in [2.24, 2.45) is 5.73 Å². The van der Waals surface area contributed by atoms with Gasteiger partial charge in [-0.05, 0) is 12.1 Å². The average molecular weight is 238 g/mol. The Labute approximate surface area is 100.0 Å². The summed E-state index contributed by atoms with van der Waals surface area (Å²) in [6.07, 6.45) is 0.0572. The zero-order valence-corrected chi connectivity index (χ0v) is 9.87. The molecule has 1 rings (SSSR count). The zero-order chi connectivity index (χ0) is 12.0. The van der Waals surface area contributed by atoms with E-state index in [1.165, 1.54) is 12.0 Å². The number of anilines is 1. The van der Waals surface area contributed by atoms with E-state index in [9.17, 15) is 4.79 Å². The molecule has 0 atom stereocenters. The third kappa shape index (κ3) is 3.51. The number of hydrogen-bond donors (Lipinski definition) is 1. The van der Waals surface area contributed by atoms with Gasteiger partial charge in [-0.2, -0.15) is 0 Å². The minimum atomic E-state index is -0.414. The minimum absolute atomic E-state index is 0.379. The lowest BCUT2D eigenvalue weighted by molar-refractivity contribution is 0.179. The van der Waals surface area contributed by atoms with Crippen molar-refractivity contribution in [1.82, 2.24) is 0 Å². The molecule has 1 amide bonds. The van der Waals surface area contributed by atoms with Gasteiger partial charge in [0.15, 0.2) is 0 Å². The van der Waals surface area contributed by atoms with Crippen LogP contribution in [0, 0.1) is 0 Å². The van der Waals surface area contributed by atoms with E-state index < -0.39 is 6.09 Å². The van der Waals surface area contributed by atoms with Crippen LogP contribution >= 0.6 is 12.2 Å². The fraction of sp³-hybridized carbons (Fsp3) is 0.273. The van der Waals surface area contributed by atoms with Gasteiger partial charge in [0, 0.05) is 18.7 Å². The number of amides is 1. The molecule has 0 aliphatic carbocycles. The highest BCUT2D eigenvalue weighted by molar-refractivity contribution is 7.80. The summed E-state index contributed by atoms with van der Waals surface area (Å²) in [6.45, 7) is 0.423. The van der Waals surface area contributed by atoms with Gasteiger partial charge in [-0.1, -0.05) is 30.4 Å². The van der Waals surface area contributed by atoms with E-state index in [2.05, 4.69) is 0 Å². The van der Waals surface area contributed by atoms with Crippen molar-refractivity contribution < 1.29 is 9.53 Å². The van der Waals surface area contributed by atoms with Crippen LogP contribution in [0.1, 0.15) is 6.42 Å². The van der Waals surface area contributed by atoms with Crippen molar-refractivity contribution in [2.45, 2.75) is 6.42 Å². The Morgan fingerprint density at radius 3 is 2.56 bits per heavy atom. The first-order valence-electron chi connectivity index (χ1n) is 4.84. The van der Waals surface area contributed by atoms with E-state index in [1.807, 2.05) is 30.3 Å². The molecule has 1 aromatic carbocycles. The minimum Gasteiger partial charge on any atom is -0.452 e. The molecular weight excluding hydrogens is 224 g/mol. The molecule has 16 heavy (non-hydrogen) atoms. The van der Waals surface area contributed by atoms with Crippen LogP contribution < -0.4 is 10.6 Å². The van der Waals surface area contributed by atoms with Crippen molar-refractivity contribution in [3.8, 4) is 0 Å². The smallest absolute Gasteiger partial charge is 0.414 e. The van der Waals surface area contributed by atoms with Gasteiger partial charge in [0.25, 0.3) is 0 Å². The first kappa shape index (κ1) is 12.4. The van der Waals surface area contributed by atoms with E-state index in [0.717, 1.165) is 5.69 Å². The fourth-order valence-corrected chi connectivity index (χ4v) is 1.36. The number of rotatable bonds is 4. The van der Waals surface area contributed by atoms with Gasteiger partial charge in [0.2, 0.25) is 0 Å². The van der Waals surface area contributed by atoms with Crippen molar-refractivity contribution in [3.05, 3.63) is 30.3 Å². The molecular formula is C11H14N2O2S. The molecule has 0 saturated carbocycles. The first-order valence-corrected chi connectivity index (χ1v) is 5.25. The number of nitrogens with zero attached hydrogens (tertiary/aromatic N) is 1. The molecule has 2 N–H and O–H groups in total. The number of para-hydroxylation sites is 1. The zero-order valence-electron chi connectivity index (χ0n) is 9.05. The van der Waals surface area contributed by atoms with E-state index in [4.69, 9.17) is 22.7 Å². The maximum absolute atomic E-state index is 11.5. The van der Waals surface area contributed by atoms with Gasteiger partial charge in [0.05, 0.1) is 12.1 Å². The lowest BCUT2D eigenvalue weighted by Crippen LogP contribution is -2.33. The Morgan fingerprint density at radius 1 is 1.44 bits per heavy atom. The highest BCUT2D eigenvalue weighted by atomic mass is 32.1. The van der Waals surface area contributed by atoms with Crippen LogP contribution in [0.5, 0.6) is 0 Å². The standard InChI is InChI=1S/C11H14N2O2S/c1-15-11(14)13(8-7-10(12)16)9-5-3-2-4-6-9/h2-6H,7-8H2,1H3,(H2,12,16). The molecule has 86 valence electrons. The number of methoxy groups -OCH3 is 1. The van der Waals surface area contributed by atoms with Crippen LogP contribution in [0.15, 0.2) is 30.3 Å². The average Bonchev–Trinajstić information content (AvgIpc) is 2.30. The predicted molar refractivity (Wildman–Crippen MR) is 67.6 cm³/mol. The highest BCUT2D eigenvalue weighted by Gasteiger charge is 2.15. The predicted octanol–water partition coefficient (Wildman–Crippen LogP) is 1.94. The van der Waals surface area contributed by atoms with Crippen LogP contribution in [-0.4, -0.2) is 24.7 Å². The van der Waals surface area contributed by atoms with Gasteiger partial charge < -0.3 is 10.5 Å². The normalized spacial score (nSPS) is 9.56. The van der Waals surface area contributed by atoms with E-state index >= 15 is 0 Å². The van der Waals surface area contributed by atoms with Crippen LogP contribution in [-0.2, 0) is 4.74 Å². The van der Waals surface area contributed by atoms with Gasteiger partial charge in [0.1, 0.15) is 0 Å². The lowest BCUT2D eigenvalue weighted by atomic mass is 10.3. The molecule has 0 radical (unpaired) electrons. The highest BCUT2D eigenvalue weighted by Crippen LogP contribution is 2.14. The summed E-state index contributed by atoms with van der Waals surface area (Å²) in [7, 11) is 1.35. The Balaban J connectivity index is 2.79. The second-order valence-corrected chi connectivity index (χ2v) is 3.70. The SMILES string of the molecule is COC(=O)N(CCC(N)=S)c1ccccc1. The summed E-state index contributed by atoms with van der Waals surface area (Å²) in [4.78, 5) is 13.4. The van der Waals surface area contributed by atoms with Gasteiger partial charge in [-0.15, -0.1) is 0 Å². The molecule has 1 aromatic rings. The second-order valence-electron chi connectivity index (χ2n) is 3.17. The third-order valence-electron chi connectivity index (χ3n) is 2.04. The Hall–Kier alpha value is -1.62. The molecule has 0 unspecified atom stereocenters.